The van der Waals surface area contributed by atoms with E-state index in [2.05, 4.69) is 13.8 Å². The van der Waals surface area contributed by atoms with E-state index in [-0.39, 0.29) is 25.8 Å². The van der Waals surface area contributed by atoms with E-state index in [9.17, 15) is 27.7 Å². The molecule has 0 radical (unpaired) electrons. The van der Waals surface area contributed by atoms with E-state index in [1.165, 1.54) is 0 Å². The van der Waals surface area contributed by atoms with Crippen molar-refractivity contribution in [2.24, 2.45) is 0 Å². The van der Waals surface area contributed by atoms with Gasteiger partial charge in [0.1, 0.15) is 10.4 Å². The van der Waals surface area contributed by atoms with Crippen LogP contribution in [0.5, 0.6) is 5.75 Å². The quantitative estimate of drug-likeness (QED) is 0.245. The maximum Gasteiger partial charge on any atom is 0.424 e. The van der Waals surface area contributed by atoms with Gasteiger partial charge >= 0.3 is 11.3 Å². The zero-order valence-corrected chi connectivity index (χ0v) is 13.2. The molecule has 2 N–H and O–H groups in total. The average Bonchev–Trinajstić information content (AvgIpc) is 2.41. The van der Waals surface area contributed by atoms with E-state index < -0.39 is 32.0 Å². The normalized spacial score (nSPS) is 12.1. The van der Waals surface area contributed by atoms with E-state index in [1.807, 2.05) is 0 Å². The predicted molar refractivity (Wildman–Crippen MR) is 80.5 cm³/mol. The Morgan fingerprint density at radius 2 is 1.77 bits per heavy atom. The highest BCUT2D eigenvalue weighted by Crippen LogP contribution is 2.34. The zero-order chi connectivity index (χ0) is 16.2. The number of pyridine rings is 1. The summed E-state index contributed by atoms with van der Waals surface area (Å²) in [5.41, 5.74) is -3.52. The topological polar surface area (TPSA) is 148 Å². The van der Waals surface area contributed by atoms with E-state index in [0.717, 1.165) is 12.1 Å². The number of hydrogen-bond donors (Lipinski definition) is 2. The second-order valence-corrected chi connectivity index (χ2v) is 6.70. The summed E-state index contributed by atoms with van der Waals surface area (Å²) in [5.74, 6) is -0.376. The third kappa shape index (κ3) is 2.26. The molecule has 22 heavy (non-hydrogen) atoms. The third-order valence-corrected chi connectivity index (χ3v) is 4.48. The maximum atomic E-state index is 11.4. The van der Waals surface area contributed by atoms with Crippen LogP contribution >= 0.6 is 22.6 Å². The Balaban J connectivity index is 2.63. The highest BCUT2D eigenvalue weighted by atomic mass is 127. The van der Waals surface area contributed by atoms with Crippen LogP contribution in [0, 0.1) is 3.57 Å². The number of aromatic nitrogens is 1. The van der Waals surface area contributed by atoms with Gasteiger partial charge in [-0.3, -0.25) is 4.55 Å². The van der Waals surface area contributed by atoms with Crippen molar-refractivity contribution in [3.63, 3.8) is 0 Å². The van der Waals surface area contributed by atoms with Gasteiger partial charge in [-0.25, -0.2) is 14.6 Å². The van der Waals surface area contributed by atoms with Crippen molar-refractivity contribution in [2.75, 3.05) is 0 Å². The molecule has 0 aliphatic carbocycles. The van der Waals surface area contributed by atoms with Crippen LogP contribution in [-0.4, -0.2) is 23.1 Å². The molecule has 11 heteroatoms. The molecule has 2 aromatic heterocycles. The fraction of sp³-hybridized carbons (Fsp3) is 0. The molecule has 0 aliphatic rings. The lowest BCUT2D eigenvalue weighted by molar-refractivity contribution is 0.442. The number of phenolic OH excluding ortho intramolecular Hbond substituents is 1. The Bertz CT molecular complexity index is 1160. The first kappa shape index (κ1) is 14.9. The molecule has 0 amide bonds. The van der Waals surface area contributed by atoms with Crippen LogP contribution in [0.3, 0.4) is 0 Å². The Labute approximate surface area is 134 Å². The number of hydrogen-bond acceptors (Lipinski definition) is 8. The van der Waals surface area contributed by atoms with Crippen LogP contribution in [0.15, 0.2) is 35.5 Å². The number of halogens is 1. The van der Waals surface area contributed by atoms with E-state index in [0.29, 0.717) is 0 Å². The van der Waals surface area contributed by atoms with Crippen molar-refractivity contribution in [1.29, 1.82) is 0 Å². The summed E-state index contributed by atoms with van der Waals surface area (Å²) in [5, 5.41) is 9.78. The van der Waals surface area contributed by atoms with Crippen molar-refractivity contribution < 1.29 is 26.9 Å². The lowest BCUT2D eigenvalue weighted by Gasteiger charge is -2.07. The Morgan fingerprint density at radius 3 is 2.41 bits per heavy atom. The molecule has 0 unspecified atom stereocenters. The van der Waals surface area contributed by atoms with Gasteiger partial charge in [-0.1, -0.05) is 0 Å². The van der Waals surface area contributed by atoms with Crippen molar-refractivity contribution >= 4 is 54.9 Å². The van der Waals surface area contributed by atoms with Crippen LogP contribution < -0.4 is 11.3 Å². The van der Waals surface area contributed by atoms with Gasteiger partial charge in [0.2, 0.25) is 0 Å². The molecule has 3 rings (SSSR count). The highest BCUT2D eigenvalue weighted by molar-refractivity contribution is 14.1. The van der Waals surface area contributed by atoms with Crippen molar-refractivity contribution in [3.8, 4) is 5.75 Å². The molecule has 0 aliphatic heterocycles. The SMILES string of the molecule is O=c1oc2cc3c(S(=O)(=O)O)cc(I)c(O)c3nc2oc1=O. The van der Waals surface area contributed by atoms with Gasteiger partial charge in [-0.2, -0.15) is 8.42 Å². The monoisotopic (exact) mass is 437 g/mol. The highest BCUT2D eigenvalue weighted by Gasteiger charge is 2.21. The minimum Gasteiger partial charge on any atom is -0.505 e. The maximum absolute atomic E-state index is 11.4. The number of benzene rings is 1. The zero-order valence-electron chi connectivity index (χ0n) is 10.2. The minimum absolute atomic E-state index is 0.101. The molecule has 0 fully saturated rings. The van der Waals surface area contributed by atoms with Crippen LogP contribution in [0.2, 0.25) is 0 Å². The first-order chi connectivity index (χ1) is 10.2. The lowest BCUT2D eigenvalue weighted by atomic mass is 10.2. The molecule has 0 spiro atoms. The number of phenols is 1. The molecule has 0 saturated heterocycles. The van der Waals surface area contributed by atoms with Crippen LogP contribution in [0.25, 0.3) is 22.2 Å². The van der Waals surface area contributed by atoms with Gasteiger partial charge in [0.25, 0.3) is 15.8 Å². The van der Waals surface area contributed by atoms with Gasteiger partial charge in [0.15, 0.2) is 11.3 Å². The number of nitrogens with zero attached hydrogens (tertiary/aromatic N) is 1. The Morgan fingerprint density at radius 1 is 1.14 bits per heavy atom. The van der Waals surface area contributed by atoms with Crippen molar-refractivity contribution in [3.05, 3.63) is 36.5 Å². The first-order valence-corrected chi connectivity index (χ1v) is 7.98. The number of fused-ring (bicyclic) bond motifs is 2. The third-order valence-electron chi connectivity index (χ3n) is 2.77. The molecule has 1 aromatic carbocycles. The minimum atomic E-state index is -4.62. The predicted octanol–water partition coefficient (Wildman–Crippen LogP) is 0.851. The number of aromatic hydroxyl groups is 1. The van der Waals surface area contributed by atoms with Gasteiger partial charge < -0.3 is 13.9 Å². The molecule has 3 aromatic rings. The molecule has 2 heterocycles. The second kappa shape index (κ2) is 4.76. The number of rotatable bonds is 1. The standard InChI is InChI=1S/C11H4INO8S/c12-4-2-6(22(17,18)19)3-1-5-9(13-7(3)8(4)14)21-11(16)10(15)20-5/h1-2,14H,(H,17,18,19). The molecule has 114 valence electrons. The van der Waals surface area contributed by atoms with Crippen molar-refractivity contribution in [2.45, 2.75) is 4.90 Å². The van der Waals surface area contributed by atoms with Gasteiger partial charge in [0, 0.05) is 5.39 Å². The summed E-state index contributed by atoms with van der Waals surface area (Å²) < 4.78 is 41.5. The average molecular weight is 437 g/mol. The summed E-state index contributed by atoms with van der Waals surface area (Å²) in [4.78, 5) is 25.5. The van der Waals surface area contributed by atoms with Gasteiger partial charge in [-0.15, -0.1) is 0 Å². The van der Waals surface area contributed by atoms with Crippen molar-refractivity contribution in [1.82, 2.24) is 4.98 Å². The summed E-state index contributed by atoms with van der Waals surface area (Å²) in [7, 11) is -4.62. The van der Waals surface area contributed by atoms with Gasteiger partial charge in [-0.05, 0) is 34.7 Å². The van der Waals surface area contributed by atoms with Crippen LogP contribution in [0.4, 0.5) is 0 Å². The van der Waals surface area contributed by atoms with Crippen LogP contribution in [-0.2, 0) is 10.1 Å². The fourth-order valence-electron chi connectivity index (χ4n) is 1.85. The fourth-order valence-corrected chi connectivity index (χ4v) is 3.33. The molecule has 0 saturated carbocycles. The molecular weight excluding hydrogens is 433 g/mol. The summed E-state index contributed by atoms with van der Waals surface area (Å²) in [6, 6.07) is 2.05. The lowest BCUT2D eigenvalue weighted by Crippen LogP contribution is -2.21. The molecule has 0 bridgehead atoms. The molecule has 0 atom stereocenters. The van der Waals surface area contributed by atoms with Gasteiger partial charge in [0.05, 0.1) is 3.57 Å². The molecular formula is C11H4INO8S. The second-order valence-electron chi connectivity index (χ2n) is 4.15. The van der Waals surface area contributed by atoms with Crippen LogP contribution in [0.1, 0.15) is 0 Å². The van der Waals surface area contributed by atoms with E-state index >= 15 is 0 Å². The largest absolute Gasteiger partial charge is 0.505 e. The Kier molecular flexibility index (Phi) is 3.23. The first-order valence-electron chi connectivity index (χ1n) is 5.46. The summed E-state index contributed by atoms with van der Waals surface area (Å²) in [6.45, 7) is 0. The molecule has 9 nitrogen and oxygen atoms in total. The Hall–Kier alpha value is -1.99. The summed E-state index contributed by atoms with van der Waals surface area (Å²) >= 11 is 1.64. The summed E-state index contributed by atoms with van der Waals surface area (Å²) in [6.07, 6.45) is 0. The van der Waals surface area contributed by atoms with E-state index in [4.69, 9.17) is 0 Å². The smallest absolute Gasteiger partial charge is 0.424 e. The van der Waals surface area contributed by atoms with E-state index in [1.54, 1.807) is 22.6 Å².